The Bertz CT molecular complexity index is 608. The van der Waals surface area contributed by atoms with Crippen LogP contribution in [0.1, 0.15) is 21.1 Å². The monoisotopic (exact) mass is 276 g/mol. The molecular weight excluding hydrogens is 260 g/mol. The lowest BCUT2D eigenvalue weighted by Crippen LogP contribution is -2.19. The highest BCUT2D eigenvalue weighted by molar-refractivity contribution is 7.09. The second kappa shape index (κ2) is 5.27. The molecule has 0 saturated heterocycles. The number of aromatic nitrogens is 1. The molecular formula is C13H16N4OS. The Labute approximate surface area is 115 Å². The first kappa shape index (κ1) is 13.4. The Balaban J connectivity index is 2.21. The SMILES string of the molecule is Cc1nc(CN(C)c2ccc(N)c(C(N)=O)c2)cs1. The van der Waals surface area contributed by atoms with Crippen molar-refractivity contribution in [3.05, 3.63) is 39.8 Å². The summed E-state index contributed by atoms with van der Waals surface area (Å²) in [4.78, 5) is 17.7. The quantitative estimate of drug-likeness (QED) is 0.833. The molecule has 1 amide bonds. The van der Waals surface area contributed by atoms with Gasteiger partial charge in [-0.15, -0.1) is 11.3 Å². The largest absolute Gasteiger partial charge is 0.398 e. The van der Waals surface area contributed by atoms with E-state index in [2.05, 4.69) is 4.98 Å². The van der Waals surface area contributed by atoms with Gasteiger partial charge in [-0.1, -0.05) is 0 Å². The van der Waals surface area contributed by atoms with Gasteiger partial charge in [-0.25, -0.2) is 4.98 Å². The number of carbonyl (C=O) groups excluding carboxylic acids is 1. The van der Waals surface area contributed by atoms with Crippen molar-refractivity contribution < 1.29 is 4.79 Å². The van der Waals surface area contributed by atoms with Gasteiger partial charge in [-0.3, -0.25) is 4.79 Å². The summed E-state index contributed by atoms with van der Waals surface area (Å²) in [6.45, 7) is 2.65. The lowest BCUT2D eigenvalue weighted by molar-refractivity contribution is 0.100. The topological polar surface area (TPSA) is 85.2 Å². The first-order valence-electron chi connectivity index (χ1n) is 5.79. The fourth-order valence-corrected chi connectivity index (χ4v) is 2.41. The number of anilines is 2. The first-order chi connectivity index (χ1) is 8.97. The predicted octanol–water partition coefficient (Wildman–Crippen LogP) is 1.77. The third kappa shape index (κ3) is 3.03. The maximum Gasteiger partial charge on any atom is 0.250 e. The Morgan fingerprint density at radius 2 is 2.21 bits per heavy atom. The van der Waals surface area contributed by atoms with E-state index < -0.39 is 5.91 Å². The van der Waals surface area contributed by atoms with Crippen molar-refractivity contribution in [2.45, 2.75) is 13.5 Å². The summed E-state index contributed by atoms with van der Waals surface area (Å²) in [6.07, 6.45) is 0. The number of carbonyl (C=O) groups is 1. The molecule has 0 atom stereocenters. The second-order valence-corrected chi connectivity index (χ2v) is 5.41. The summed E-state index contributed by atoms with van der Waals surface area (Å²) in [5.74, 6) is -0.516. The van der Waals surface area contributed by atoms with Gasteiger partial charge >= 0.3 is 0 Å². The van der Waals surface area contributed by atoms with E-state index in [1.165, 1.54) is 0 Å². The number of hydrogen-bond donors (Lipinski definition) is 2. The molecule has 2 rings (SSSR count). The van der Waals surface area contributed by atoms with Crippen LogP contribution in [0, 0.1) is 6.92 Å². The van der Waals surface area contributed by atoms with Crippen molar-refractivity contribution in [3.63, 3.8) is 0 Å². The summed E-state index contributed by atoms with van der Waals surface area (Å²) >= 11 is 1.62. The number of thiazole rings is 1. The van der Waals surface area contributed by atoms with Gasteiger partial charge in [-0.05, 0) is 25.1 Å². The Hall–Kier alpha value is -2.08. The molecule has 19 heavy (non-hydrogen) atoms. The van der Waals surface area contributed by atoms with Crippen LogP contribution in [0.15, 0.2) is 23.6 Å². The molecule has 0 aliphatic heterocycles. The molecule has 4 N–H and O–H groups in total. The maximum atomic E-state index is 11.3. The zero-order valence-corrected chi connectivity index (χ0v) is 11.7. The highest BCUT2D eigenvalue weighted by Gasteiger charge is 2.10. The molecule has 1 heterocycles. The van der Waals surface area contributed by atoms with E-state index in [4.69, 9.17) is 11.5 Å². The summed E-state index contributed by atoms with van der Waals surface area (Å²) in [5, 5.41) is 3.07. The van der Waals surface area contributed by atoms with E-state index in [0.717, 1.165) is 16.4 Å². The van der Waals surface area contributed by atoms with E-state index in [1.807, 2.05) is 30.3 Å². The van der Waals surface area contributed by atoms with Crippen LogP contribution in [0.5, 0.6) is 0 Å². The van der Waals surface area contributed by atoms with Gasteiger partial charge in [-0.2, -0.15) is 0 Å². The Kier molecular flexibility index (Phi) is 3.71. The zero-order valence-electron chi connectivity index (χ0n) is 10.9. The smallest absolute Gasteiger partial charge is 0.250 e. The maximum absolute atomic E-state index is 11.3. The van der Waals surface area contributed by atoms with E-state index in [0.29, 0.717) is 17.8 Å². The van der Waals surface area contributed by atoms with Crippen LogP contribution in [0.25, 0.3) is 0 Å². The first-order valence-corrected chi connectivity index (χ1v) is 6.67. The molecule has 0 aliphatic rings. The van der Waals surface area contributed by atoms with Crippen LogP contribution < -0.4 is 16.4 Å². The number of nitrogen functional groups attached to an aromatic ring is 1. The number of primary amides is 1. The molecule has 1 aromatic heterocycles. The average Bonchev–Trinajstić information content (AvgIpc) is 2.74. The lowest BCUT2D eigenvalue weighted by Gasteiger charge is -2.19. The molecule has 100 valence electrons. The molecule has 6 heteroatoms. The summed E-state index contributed by atoms with van der Waals surface area (Å²) < 4.78 is 0. The molecule has 0 radical (unpaired) electrons. The number of hydrogen-bond acceptors (Lipinski definition) is 5. The van der Waals surface area contributed by atoms with Crippen LogP contribution in [-0.2, 0) is 6.54 Å². The Morgan fingerprint density at radius 3 is 2.79 bits per heavy atom. The van der Waals surface area contributed by atoms with Crippen molar-refractivity contribution in [1.29, 1.82) is 0 Å². The third-order valence-electron chi connectivity index (χ3n) is 2.81. The molecule has 5 nitrogen and oxygen atoms in total. The number of rotatable bonds is 4. The van der Waals surface area contributed by atoms with Crippen LogP contribution in [-0.4, -0.2) is 17.9 Å². The van der Waals surface area contributed by atoms with E-state index in [1.54, 1.807) is 23.5 Å². The molecule has 0 spiro atoms. The molecule has 0 bridgehead atoms. The minimum absolute atomic E-state index is 0.346. The number of aryl methyl sites for hydroxylation is 1. The van der Waals surface area contributed by atoms with Crippen molar-refractivity contribution in [1.82, 2.24) is 4.98 Å². The van der Waals surface area contributed by atoms with Gasteiger partial charge in [0.15, 0.2) is 0 Å². The van der Waals surface area contributed by atoms with Gasteiger partial charge < -0.3 is 16.4 Å². The minimum atomic E-state index is -0.516. The normalized spacial score (nSPS) is 10.4. The zero-order chi connectivity index (χ0) is 14.0. The lowest BCUT2D eigenvalue weighted by atomic mass is 10.1. The van der Waals surface area contributed by atoms with Gasteiger partial charge in [0.25, 0.3) is 5.91 Å². The minimum Gasteiger partial charge on any atom is -0.398 e. The van der Waals surface area contributed by atoms with Crippen molar-refractivity contribution in [2.24, 2.45) is 5.73 Å². The van der Waals surface area contributed by atoms with Gasteiger partial charge in [0.1, 0.15) is 0 Å². The summed E-state index contributed by atoms with van der Waals surface area (Å²) in [7, 11) is 1.94. The van der Waals surface area contributed by atoms with Crippen molar-refractivity contribution >= 4 is 28.6 Å². The van der Waals surface area contributed by atoms with Crippen molar-refractivity contribution in [2.75, 3.05) is 17.7 Å². The Morgan fingerprint density at radius 1 is 1.47 bits per heavy atom. The van der Waals surface area contributed by atoms with Gasteiger partial charge in [0.2, 0.25) is 0 Å². The number of nitrogens with two attached hydrogens (primary N) is 2. The number of amides is 1. The van der Waals surface area contributed by atoms with E-state index in [9.17, 15) is 4.79 Å². The molecule has 0 unspecified atom stereocenters. The van der Waals surface area contributed by atoms with Gasteiger partial charge in [0, 0.05) is 23.8 Å². The third-order valence-corrected chi connectivity index (χ3v) is 3.63. The van der Waals surface area contributed by atoms with Crippen molar-refractivity contribution in [3.8, 4) is 0 Å². The van der Waals surface area contributed by atoms with Crippen LogP contribution >= 0.6 is 11.3 Å². The van der Waals surface area contributed by atoms with Crippen LogP contribution in [0.4, 0.5) is 11.4 Å². The highest BCUT2D eigenvalue weighted by Crippen LogP contribution is 2.22. The fraction of sp³-hybridized carbons (Fsp3) is 0.231. The molecule has 0 aliphatic carbocycles. The number of benzene rings is 1. The standard InChI is InChI=1S/C13H16N4OS/c1-8-16-9(7-19-8)6-17(2)10-3-4-12(14)11(5-10)13(15)18/h3-5,7H,6,14H2,1-2H3,(H2,15,18). The van der Waals surface area contributed by atoms with Crippen LogP contribution in [0.2, 0.25) is 0 Å². The van der Waals surface area contributed by atoms with E-state index >= 15 is 0 Å². The molecule has 0 saturated carbocycles. The summed E-state index contributed by atoms with van der Waals surface area (Å²) in [5.41, 5.74) is 13.6. The number of nitrogens with zero attached hydrogens (tertiary/aromatic N) is 2. The molecule has 1 aromatic carbocycles. The highest BCUT2D eigenvalue weighted by atomic mass is 32.1. The second-order valence-electron chi connectivity index (χ2n) is 4.35. The molecule has 2 aromatic rings. The predicted molar refractivity (Wildman–Crippen MR) is 78.3 cm³/mol. The molecule has 0 fully saturated rings. The fourth-order valence-electron chi connectivity index (χ4n) is 1.81. The summed E-state index contributed by atoms with van der Waals surface area (Å²) in [6, 6.07) is 5.26. The van der Waals surface area contributed by atoms with E-state index in [-0.39, 0.29) is 0 Å². The van der Waals surface area contributed by atoms with Crippen LogP contribution in [0.3, 0.4) is 0 Å². The average molecular weight is 276 g/mol. The van der Waals surface area contributed by atoms with Gasteiger partial charge in [0.05, 0.1) is 22.8 Å².